The summed E-state index contributed by atoms with van der Waals surface area (Å²) < 4.78 is 13.7. The fraction of sp³-hybridized carbons (Fsp3) is 0.500. The molecule has 1 aromatic carbocycles. The molecule has 2 fully saturated rings. The molecule has 0 N–H and O–H groups in total. The van der Waals surface area contributed by atoms with E-state index >= 15 is 0 Å². The van der Waals surface area contributed by atoms with E-state index in [9.17, 15) is 9.18 Å². The van der Waals surface area contributed by atoms with Gasteiger partial charge in [-0.3, -0.25) is 4.79 Å². The van der Waals surface area contributed by atoms with Gasteiger partial charge in [0.1, 0.15) is 0 Å². The highest BCUT2D eigenvalue weighted by atomic mass is 31.0. The molecule has 2 aliphatic heterocycles. The van der Waals surface area contributed by atoms with Crippen molar-refractivity contribution in [3.05, 3.63) is 36.9 Å². The first-order valence-corrected chi connectivity index (χ1v) is 8.80. The van der Waals surface area contributed by atoms with Crippen LogP contribution in [-0.4, -0.2) is 55.0 Å². The van der Waals surface area contributed by atoms with Crippen molar-refractivity contribution in [2.75, 3.05) is 43.0 Å². The van der Waals surface area contributed by atoms with Crippen LogP contribution in [0, 0.1) is 0 Å². The molecule has 1 aromatic rings. The normalized spacial score (nSPS) is 25.3. The summed E-state index contributed by atoms with van der Waals surface area (Å²) in [5.74, 6) is -0.0128. The molecule has 4 nitrogen and oxygen atoms in total. The van der Waals surface area contributed by atoms with Crippen molar-refractivity contribution in [2.45, 2.75) is 24.3 Å². The van der Waals surface area contributed by atoms with Gasteiger partial charge in [0.25, 0.3) is 0 Å². The van der Waals surface area contributed by atoms with Crippen LogP contribution >= 0.6 is 9.24 Å². The Morgan fingerprint density at radius 3 is 2.75 bits per heavy atom. The second-order valence-corrected chi connectivity index (χ2v) is 8.22. The lowest BCUT2D eigenvalue weighted by Gasteiger charge is -2.44. The quantitative estimate of drug-likeness (QED) is 0.618. The Balaban J connectivity index is 1.74. The zero-order valence-electron chi connectivity index (χ0n) is 14.3. The molecule has 2 unspecified atom stereocenters. The van der Waals surface area contributed by atoms with Crippen molar-refractivity contribution in [1.29, 1.82) is 0 Å². The number of anilines is 2. The van der Waals surface area contributed by atoms with Crippen LogP contribution in [0.2, 0.25) is 0 Å². The number of hydrogen-bond acceptors (Lipinski definition) is 3. The molecule has 0 saturated carbocycles. The first kappa shape index (κ1) is 17.2. The third-order valence-electron chi connectivity index (χ3n) is 5.24. The maximum Gasteiger partial charge on any atom is 0.246 e. The van der Waals surface area contributed by atoms with Gasteiger partial charge in [-0.15, -0.1) is 0 Å². The summed E-state index contributed by atoms with van der Waals surface area (Å²) in [4.78, 5) is 18.0. The number of carbonyl (C=O) groups is 1. The molecule has 2 saturated heterocycles. The highest BCUT2D eigenvalue weighted by Crippen LogP contribution is 2.38. The van der Waals surface area contributed by atoms with Crippen LogP contribution < -0.4 is 9.80 Å². The van der Waals surface area contributed by atoms with Gasteiger partial charge in [-0.05, 0) is 37.6 Å². The Morgan fingerprint density at radius 2 is 2.12 bits per heavy atom. The zero-order chi connectivity index (χ0) is 17.5. The van der Waals surface area contributed by atoms with E-state index in [0.717, 1.165) is 24.3 Å². The van der Waals surface area contributed by atoms with Crippen molar-refractivity contribution in [3.63, 3.8) is 0 Å². The molecule has 2 aliphatic rings. The largest absolute Gasteiger partial charge is 0.367 e. The molecule has 1 amide bonds. The minimum Gasteiger partial charge on any atom is -0.367 e. The number of alkyl halides is 1. The molecule has 0 radical (unpaired) electrons. The van der Waals surface area contributed by atoms with E-state index in [0.29, 0.717) is 19.6 Å². The Labute approximate surface area is 145 Å². The summed E-state index contributed by atoms with van der Waals surface area (Å²) >= 11 is 0. The molecular weight excluding hydrogens is 324 g/mol. The summed E-state index contributed by atoms with van der Waals surface area (Å²) in [5.41, 5.74) is 2.01. The highest BCUT2D eigenvalue weighted by Gasteiger charge is 2.41. The van der Waals surface area contributed by atoms with E-state index < -0.39 is 5.41 Å². The number of likely N-dealkylation sites (N-methyl/N-ethyl adjacent to an activating group) is 1. The lowest BCUT2D eigenvalue weighted by molar-refractivity contribution is -0.125. The zero-order valence-corrected chi connectivity index (χ0v) is 15.5. The Bertz CT molecular complexity index is 657. The van der Waals surface area contributed by atoms with Crippen LogP contribution in [-0.2, 0) is 4.79 Å². The van der Waals surface area contributed by atoms with Crippen LogP contribution in [0.3, 0.4) is 0 Å². The Hall–Kier alpha value is -1.61. The van der Waals surface area contributed by atoms with Gasteiger partial charge < -0.3 is 14.7 Å². The van der Waals surface area contributed by atoms with Gasteiger partial charge in [0, 0.05) is 31.5 Å². The van der Waals surface area contributed by atoms with Gasteiger partial charge in [0.15, 0.2) is 5.41 Å². The van der Waals surface area contributed by atoms with Crippen LogP contribution in [0.1, 0.15) is 13.3 Å². The predicted molar refractivity (Wildman–Crippen MR) is 100 cm³/mol. The highest BCUT2D eigenvalue weighted by molar-refractivity contribution is 7.19. The molecule has 0 aromatic heterocycles. The molecule has 0 spiro atoms. The number of likely N-dealkylation sites (tertiary alicyclic amines) is 1. The lowest BCUT2D eigenvalue weighted by atomic mass is 9.98. The van der Waals surface area contributed by atoms with Gasteiger partial charge in [-0.25, -0.2) is 4.39 Å². The standard InChI is InChI=1S/C18H25FN3OP/c1-4-16(23)21-9-8-17(2,11-21)20(3)14-6-5-7-15(10-14)22-12-18(19,24)13-22/h4-7,10H,1,8-9,11-13,24H2,2-3H3. The van der Waals surface area contributed by atoms with E-state index in [1.54, 1.807) is 0 Å². The van der Waals surface area contributed by atoms with E-state index in [2.05, 4.69) is 46.8 Å². The molecule has 0 aliphatic carbocycles. The summed E-state index contributed by atoms with van der Waals surface area (Å²) in [6, 6.07) is 8.19. The molecule has 2 heterocycles. The van der Waals surface area contributed by atoms with Crippen LogP contribution in [0.4, 0.5) is 15.8 Å². The van der Waals surface area contributed by atoms with E-state index in [4.69, 9.17) is 0 Å². The molecule has 24 heavy (non-hydrogen) atoms. The Morgan fingerprint density at radius 1 is 1.42 bits per heavy atom. The monoisotopic (exact) mass is 349 g/mol. The van der Waals surface area contributed by atoms with Gasteiger partial charge in [-0.2, -0.15) is 0 Å². The number of benzene rings is 1. The van der Waals surface area contributed by atoms with Gasteiger partial charge in [0.05, 0.1) is 18.6 Å². The summed E-state index contributed by atoms with van der Waals surface area (Å²) in [6.07, 6.45) is 2.29. The maximum atomic E-state index is 13.7. The maximum absolute atomic E-state index is 13.7. The first-order chi connectivity index (χ1) is 11.2. The second kappa shape index (κ2) is 6.03. The second-order valence-electron chi connectivity index (χ2n) is 7.18. The topological polar surface area (TPSA) is 26.8 Å². The van der Waals surface area contributed by atoms with Gasteiger partial charge in [0.2, 0.25) is 5.91 Å². The molecule has 2 atom stereocenters. The average Bonchev–Trinajstić information content (AvgIpc) is 2.95. The SMILES string of the molecule is C=CC(=O)N1CCC(C)(N(C)c2cccc(N3CC(F)(P)C3)c2)C1. The molecule has 3 rings (SSSR count). The smallest absolute Gasteiger partial charge is 0.246 e. The van der Waals surface area contributed by atoms with Gasteiger partial charge in [-0.1, -0.05) is 21.9 Å². The van der Waals surface area contributed by atoms with E-state index in [1.165, 1.54) is 6.08 Å². The summed E-state index contributed by atoms with van der Waals surface area (Å²) in [6.45, 7) is 7.99. The Kier molecular flexibility index (Phi) is 4.33. The molecular formula is C18H25FN3OP. The third-order valence-corrected chi connectivity index (χ3v) is 5.60. The van der Waals surface area contributed by atoms with Crippen LogP contribution in [0.25, 0.3) is 0 Å². The fourth-order valence-electron chi connectivity index (χ4n) is 3.52. The number of carbonyl (C=O) groups excluding carboxylic acids is 1. The molecule has 0 bridgehead atoms. The average molecular weight is 349 g/mol. The fourth-order valence-corrected chi connectivity index (χ4v) is 3.96. The predicted octanol–water partition coefficient (Wildman–Crippen LogP) is 2.66. The van der Waals surface area contributed by atoms with Crippen molar-refractivity contribution in [1.82, 2.24) is 4.90 Å². The van der Waals surface area contributed by atoms with Crippen molar-refractivity contribution in [2.24, 2.45) is 0 Å². The minimum absolute atomic E-state index is 0.0128. The summed E-state index contributed by atoms with van der Waals surface area (Å²) in [5, 5.41) is -1.16. The number of halogens is 1. The molecule has 6 heteroatoms. The first-order valence-electron chi connectivity index (χ1n) is 8.22. The number of rotatable bonds is 4. The number of amides is 1. The lowest BCUT2D eigenvalue weighted by Crippen LogP contribution is -2.55. The van der Waals surface area contributed by atoms with E-state index in [-0.39, 0.29) is 11.4 Å². The van der Waals surface area contributed by atoms with Crippen LogP contribution in [0.15, 0.2) is 36.9 Å². The third kappa shape index (κ3) is 3.14. The summed E-state index contributed by atoms with van der Waals surface area (Å²) in [7, 11) is 4.34. The van der Waals surface area contributed by atoms with Crippen molar-refractivity contribution >= 4 is 26.5 Å². The van der Waals surface area contributed by atoms with E-state index in [1.807, 2.05) is 21.9 Å². The molecule has 130 valence electrons. The van der Waals surface area contributed by atoms with Crippen molar-refractivity contribution in [3.8, 4) is 0 Å². The number of nitrogens with zero attached hydrogens (tertiary/aromatic N) is 3. The van der Waals surface area contributed by atoms with Gasteiger partial charge >= 0.3 is 0 Å². The number of hydrogen-bond donors (Lipinski definition) is 0. The van der Waals surface area contributed by atoms with Crippen molar-refractivity contribution < 1.29 is 9.18 Å². The van der Waals surface area contributed by atoms with Crippen LogP contribution in [0.5, 0.6) is 0 Å². The minimum atomic E-state index is -1.16.